The van der Waals surface area contributed by atoms with E-state index in [0.29, 0.717) is 25.4 Å². The minimum absolute atomic E-state index is 0.0180. The van der Waals surface area contributed by atoms with E-state index >= 15 is 0 Å². The Morgan fingerprint density at radius 1 is 1.11 bits per heavy atom. The molecule has 0 saturated carbocycles. The molecule has 0 aromatic heterocycles. The van der Waals surface area contributed by atoms with Gasteiger partial charge in [0.15, 0.2) is 0 Å². The molecular formula is C22H39N3O3. The molecule has 160 valence electrons. The standard InChI is InChI=1S/C22H39N3O3/c1-16(2)17-9-13-24(14-10-17)21(28)23-11-7-6-8-12-25-19(26)15-18(20(25)27)22(3,4)5/h16-18H,6-15H2,1-5H3,(H,23,28). The van der Waals surface area contributed by atoms with Crippen molar-refractivity contribution < 1.29 is 14.4 Å². The van der Waals surface area contributed by atoms with Gasteiger partial charge in [0.1, 0.15) is 0 Å². The molecule has 1 N–H and O–H groups in total. The van der Waals surface area contributed by atoms with Gasteiger partial charge in [-0.15, -0.1) is 0 Å². The Morgan fingerprint density at radius 3 is 2.29 bits per heavy atom. The Morgan fingerprint density at radius 2 is 1.75 bits per heavy atom. The van der Waals surface area contributed by atoms with Crippen molar-refractivity contribution >= 4 is 17.8 Å². The van der Waals surface area contributed by atoms with Crippen LogP contribution in [0.3, 0.4) is 0 Å². The topological polar surface area (TPSA) is 69.7 Å². The van der Waals surface area contributed by atoms with Crippen molar-refractivity contribution in [3.63, 3.8) is 0 Å². The van der Waals surface area contributed by atoms with Gasteiger partial charge in [-0.25, -0.2) is 4.79 Å². The number of carbonyl (C=O) groups is 3. The first-order valence-electron chi connectivity index (χ1n) is 11.0. The Balaban J connectivity index is 1.59. The molecule has 0 spiro atoms. The fourth-order valence-electron chi connectivity index (χ4n) is 4.24. The Labute approximate surface area is 170 Å². The van der Waals surface area contributed by atoms with Gasteiger partial charge in [-0.2, -0.15) is 0 Å². The number of hydrogen-bond donors (Lipinski definition) is 1. The van der Waals surface area contributed by atoms with Crippen molar-refractivity contribution in [2.45, 2.75) is 73.1 Å². The largest absolute Gasteiger partial charge is 0.338 e. The molecule has 2 aliphatic heterocycles. The van der Waals surface area contributed by atoms with Gasteiger partial charge in [-0.3, -0.25) is 14.5 Å². The fraction of sp³-hybridized carbons (Fsp3) is 0.864. The number of nitrogens with zero attached hydrogens (tertiary/aromatic N) is 2. The summed E-state index contributed by atoms with van der Waals surface area (Å²) in [6, 6.07) is 0.0418. The molecule has 0 aromatic carbocycles. The van der Waals surface area contributed by atoms with Crippen molar-refractivity contribution in [3.8, 4) is 0 Å². The van der Waals surface area contributed by atoms with Crippen LogP contribution in [-0.2, 0) is 9.59 Å². The molecule has 6 heteroatoms. The predicted octanol–water partition coefficient (Wildman–Crippen LogP) is 3.66. The smallest absolute Gasteiger partial charge is 0.317 e. The van der Waals surface area contributed by atoms with Gasteiger partial charge in [0, 0.05) is 32.6 Å². The van der Waals surface area contributed by atoms with E-state index in [1.54, 1.807) is 0 Å². The van der Waals surface area contributed by atoms with Gasteiger partial charge in [-0.1, -0.05) is 34.6 Å². The van der Waals surface area contributed by atoms with Crippen molar-refractivity contribution in [2.75, 3.05) is 26.2 Å². The molecule has 6 nitrogen and oxygen atoms in total. The zero-order chi connectivity index (χ0) is 20.9. The Bertz CT molecular complexity index is 560. The minimum atomic E-state index is -0.195. The summed E-state index contributed by atoms with van der Waals surface area (Å²) in [4.78, 5) is 40.2. The first kappa shape index (κ1) is 22.7. The van der Waals surface area contributed by atoms with Crippen LogP contribution < -0.4 is 5.32 Å². The van der Waals surface area contributed by atoms with E-state index in [-0.39, 0.29) is 29.2 Å². The van der Waals surface area contributed by atoms with Crippen LogP contribution in [0.2, 0.25) is 0 Å². The minimum Gasteiger partial charge on any atom is -0.338 e. The average molecular weight is 394 g/mol. The van der Waals surface area contributed by atoms with Crippen LogP contribution in [0.4, 0.5) is 4.79 Å². The monoisotopic (exact) mass is 393 g/mol. The van der Waals surface area contributed by atoms with Gasteiger partial charge in [-0.05, 0) is 49.4 Å². The summed E-state index contributed by atoms with van der Waals surface area (Å²) >= 11 is 0. The van der Waals surface area contributed by atoms with Crippen LogP contribution in [0.1, 0.15) is 73.1 Å². The molecular weight excluding hydrogens is 354 g/mol. The van der Waals surface area contributed by atoms with Crippen LogP contribution in [0, 0.1) is 23.2 Å². The molecule has 1 unspecified atom stereocenters. The molecule has 28 heavy (non-hydrogen) atoms. The van der Waals surface area contributed by atoms with Gasteiger partial charge in [0.25, 0.3) is 0 Å². The maximum absolute atomic E-state index is 12.5. The number of rotatable bonds is 7. The summed E-state index contributed by atoms with van der Waals surface area (Å²) in [7, 11) is 0. The molecule has 0 aliphatic carbocycles. The van der Waals surface area contributed by atoms with Crippen LogP contribution >= 0.6 is 0 Å². The Kier molecular flexibility index (Phi) is 7.90. The van der Waals surface area contributed by atoms with Crippen molar-refractivity contribution in [1.82, 2.24) is 15.1 Å². The zero-order valence-electron chi connectivity index (χ0n) is 18.4. The quantitative estimate of drug-likeness (QED) is 0.530. The molecule has 0 radical (unpaired) electrons. The molecule has 2 saturated heterocycles. The van der Waals surface area contributed by atoms with Gasteiger partial charge < -0.3 is 10.2 Å². The SMILES string of the molecule is CC(C)C1CCN(C(=O)NCCCCCN2C(=O)CC(C(C)(C)C)C2=O)CC1. The number of hydrogen-bond acceptors (Lipinski definition) is 3. The second kappa shape index (κ2) is 9.75. The summed E-state index contributed by atoms with van der Waals surface area (Å²) in [5.41, 5.74) is -0.171. The summed E-state index contributed by atoms with van der Waals surface area (Å²) in [5.74, 6) is 1.17. The van der Waals surface area contributed by atoms with E-state index in [4.69, 9.17) is 0 Å². The average Bonchev–Trinajstić information content (AvgIpc) is 2.92. The molecule has 4 amide bonds. The third-order valence-electron chi connectivity index (χ3n) is 6.39. The number of unbranched alkanes of at least 4 members (excludes halogenated alkanes) is 2. The van der Waals surface area contributed by atoms with Crippen molar-refractivity contribution in [1.29, 1.82) is 0 Å². The normalized spacial score (nSPS) is 21.7. The van der Waals surface area contributed by atoms with Crippen LogP contribution in [0.5, 0.6) is 0 Å². The number of carbonyl (C=O) groups excluding carboxylic acids is 3. The van der Waals surface area contributed by atoms with E-state index in [0.717, 1.165) is 51.1 Å². The summed E-state index contributed by atoms with van der Waals surface area (Å²) < 4.78 is 0. The lowest BCUT2D eigenvalue weighted by atomic mass is 9.80. The van der Waals surface area contributed by atoms with E-state index in [9.17, 15) is 14.4 Å². The molecule has 2 fully saturated rings. The maximum atomic E-state index is 12.5. The number of likely N-dealkylation sites (tertiary alicyclic amines) is 2. The van der Waals surface area contributed by atoms with Crippen molar-refractivity contribution in [2.24, 2.45) is 23.2 Å². The highest BCUT2D eigenvalue weighted by Gasteiger charge is 2.44. The van der Waals surface area contributed by atoms with Crippen molar-refractivity contribution in [3.05, 3.63) is 0 Å². The molecule has 2 heterocycles. The lowest BCUT2D eigenvalue weighted by Crippen LogP contribution is -2.45. The highest BCUT2D eigenvalue weighted by molar-refractivity contribution is 6.03. The highest BCUT2D eigenvalue weighted by atomic mass is 16.2. The molecule has 0 aromatic rings. The first-order chi connectivity index (χ1) is 13.1. The van der Waals surface area contributed by atoms with E-state index in [2.05, 4.69) is 19.2 Å². The molecule has 2 rings (SSSR count). The van der Waals surface area contributed by atoms with E-state index in [1.165, 1.54) is 4.90 Å². The fourth-order valence-corrected chi connectivity index (χ4v) is 4.24. The maximum Gasteiger partial charge on any atom is 0.317 e. The number of amides is 4. The number of nitrogens with one attached hydrogen (secondary N) is 1. The van der Waals surface area contributed by atoms with E-state index in [1.807, 2.05) is 25.7 Å². The van der Waals surface area contributed by atoms with Crippen LogP contribution in [-0.4, -0.2) is 53.8 Å². The molecule has 1 atom stereocenters. The number of urea groups is 1. The molecule has 0 bridgehead atoms. The van der Waals surface area contributed by atoms with Crippen LogP contribution in [0.25, 0.3) is 0 Å². The second-order valence-corrected chi connectivity index (χ2v) is 9.87. The third-order valence-corrected chi connectivity index (χ3v) is 6.39. The van der Waals surface area contributed by atoms with Gasteiger partial charge in [0.2, 0.25) is 11.8 Å². The summed E-state index contributed by atoms with van der Waals surface area (Å²) in [6.07, 6.45) is 5.09. The Hall–Kier alpha value is -1.59. The summed E-state index contributed by atoms with van der Waals surface area (Å²) in [6.45, 7) is 13.4. The van der Waals surface area contributed by atoms with Gasteiger partial charge in [0.05, 0.1) is 5.92 Å². The highest BCUT2D eigenvalue weighted by Crippen LogP contribution is 2.35. The molecule has 2 aliphatic rings. The third kappa shape index (κ3) is 5.95. The van der Waals surface area contributed by atoms with Crippen LogP contribution in [0.15, 0.2) is 0 Å². The van der Waals surface area contributed by atoms with Gasteiger partial charge >= 0.3 is 6.03 Å². The first-order valence-corrected chi connectivity index (χ1v) is 11.0. The number of piperidine rings is 1. The lowest BCUT2D eigenvalue weighted by molar-refractivity contribution is -0.140. The second-order valence-electron chi connectivity index (χ2n) is 9.87. The lowest BCUT2D eigenvalue weighted by Gasteiger charge is -2.33. The summed E-state index contributed by atoms with van der Waals surface area (Å²) in [5, 5.41) is 3.01. The number of imide groups is 1. The predicted molar refractivity (Wildman–Crippen MR) is 111 cm³/mol. The zero-order valence-corrected chi connectivity index (χ0v) is 18.4. The van der Waals surface area contributed by atoms with E-state index < -0.39 is 0 Å².